The zero-order valence-corrected chi connectivity index (χ0v) is 18.4. The Labute approximate surface area is 192 Å². The molecule has 0 aliphatic carbocycles. The molecule has 1 aliphatic heterocycles. The van der Waals surface area contributed by atoms with Crippen LogP contribution in [0.25, 0.3) is 0 Å². The molecule has 3 aromatic carbocycles. The summed E-state index contributed by atoms with van der Waals surface area (Å²) in [5, 5.41) is 5.45. The highest BCUT2D eigenvalue weighted by Crippen LogP contribution is 2.36. The number of anilines is 2. The van der Waals surface area contributed by atoms with Crippen LogP contribution in [0.5, 0.6) is 0 Å². The number of hydrogen-bond acceptors (Lipinski definition) is 4. The molecule has 0 bridgehead atoms. The summed E-state index contributed by atoms with van der Waals surface area (Å²) in [6.07, 6.45) is 0. The Hall–Kier alpha value is -4.26. The third-order valence-electron chi connectivity index (χ3n) is 5.48. The van der Waals surface area contributed by atoms with Crippen LogP contribution in [0.3, 0.4) is 0 Å². The van der Waals surface area contributed by atoms with E-state index in [9.17, 15) is 14.4 Å². The Morgan fingerprint density at radius 2 is 1.64 bits per heavy atom. The van der Waals surface area contributed by atoms with Crippen molar-refractivity contribution in [2.24, 2.45) is 4.99 Å². The van der Waals surface area contributed by atoms with Crippen LogP contribution in [0.15, 0.2) is 83.9 Å². The van der Waals surface area contributed by atoms with Crippen molar-refractivity contribution >= 4 is 40.5 Å². The number of amides is 3. The van der Waals surface area contributed by atoms with Crippen molar-refractivity contribution in [2.75, 3.05) is 23.8 Å². The Kier molecular flexibility index (Phi) is 6.31. The highest BCUT2D eigenvalue weighted by molar-refractivity contribution is 6.24. The first-order chi connectivity index (χ1) is 15.9. The summed E-state index contributed by atoms with van der Waals surface area (Å²) in [5.41, 5.74) is 4.55. The van der Waals surface area contributed by atoms with Gasteiger partial charge in [0.1, 0.15) is 5.92 Å². The van der Waals surface area contributed by atoms with Gasteiger partial charge in [-0.05, 0) is 41.5 Å². The average Bonchev–Trinajstić information content (AvgIpc) is 3.17. The molecular weight excluding hydrogens is 416 g/mol. The first kappa shape index (κ1) is 22.0. The number of nitrogens with zero attached hydrogens (tertiary/aromatic N) is 2. The maximum absolute atomic E-state index is 12.9. The summed E-state index contributed by atoms with van der Waals surface area (Å²) in [5.74, 6) is -1.12. The van der Waals surface area contributed by atoms with Crippen molar-refractivity contribution in [2.45, 2.75) is 12.8 Å². The number of rotatable bonds is 6. The van der Waals surface area contributed by atoms with E-state index in [0.717, 1.165) is 16.8 Å². The third kappa shape index (κ3) is 4.82. The molecule has 0 radical (unpaired) electrons. The van der Waals surface area contributed by atoms with Gasteiger partial charge in [0.05, 0.1) is 17.9 Å². The summed E-state index contributed by atoms with van der Waals surface area (Å²) in [6, 6.07) is 24.5. The molecule has 1 aliphatic rings. The minimum Gasteiger partial charge on any atom is -0.347 e. The summed E-state index contributed by atoms with van der Waals surface area (Å²) in [7, 11) is 1.65. The second-order valence-electron chi connectivity index (χ2n) is 7.75. The molecule has 0 spiro atoms. The maximum Gasteiger partial charge on any atom is 0.246 e. The van der Waals surface area contributed by atoms with E-state index in [1.165, 1.54) is 11.8 Å². The second-order valence-corrected chi connectivity index (χ2v) is 7.75. The van der Waals surface area contributed by atoms with Crippen LogP contribution in [0, 0.1) is 0 Å². The number of para-hydroxylation sites is 1. The third-order valence-corrected chi connectivity index (χ3v) is 5.48. The topological polar surface area (TPSA) is 90.9 Å². The molecule has 166 valence electrons. The molecular formula is C26H24N4O3. The summed E-state index contributed by atoms with van der Waals surface area (Å²) < 4.78 is 0. The number of fused-ring (bicyclic) bond motifs is 1. The smallest absolute Gasteiger partial charge is 0.246 e. The van der Waals surface area contributed by atoms with Gasteiger partial charge in [-0.2, -0.15) is 0 Å². The van der Waals surface area contributed by atoms with E-state index in [1.54, 1.807) is 31.3 Å². The summed E-state index contributed by atoms with van der Waals surface area (Å²) in [4.78, 5) is 42.6. The molecule has 3 amide bonds. The molecule has 7 heteroatoms. The van der Waals surface area contributed by atoms with Gasteiger partial charge in [-0.3, -0.25) is 19.4 Å². The first-order valence-corrected chi connectivity index (χ1v) is 10.6. The van der Waals surface area contributed by atoms with Gasteiger partial charge in [-0.25, -0.2) is 0 Å². The van der Waals surface area contributed by atoms with Crippen LogP contribution >= 0.6 is 0 Å². The van der Waals surface area contributed by atoms with Gasteiger partial charge in [0.15, 0.2) is 0 Å². The minimum absolute atomic E-state index is 0.0694. The zero-order chi connectivity index (χ0) is 23.4. The molecule has 0 aromatic heterocycles. The minimum atomic E-state index is -0.523. The SMILES string of the molecule is CC(=O)NCC(=O)N(C)c1ccc(N=C(c2ccccc2)C2C(=O)Nc3ccccc32)cc1. The fourth-order valence-corrected chi connectivity index (χ4v) is 3.74. The number of likely N-dealkylation sites (N-methyl/N-ethyl adjacent to an activating group) is 1. The predicted molar refractivity (Wildman–Crippen MR) is 129 cm³/mol. The fourth-order valence-electron chi connectivity index (χ4n) is 3.74. The van der Waals surface area contributed by atoms with Crippen LogP contribution in [0.1, 0.15) is 24.0 Å². The average molecular weight is 441 g/mol. The van der Waals surface area contributed by atoms with Crippen molar-refractivity contribution in [3.63, 3.8) is 0 Å². The second kappa shape index (κ2) is 9.48. The summed E-state index contributed by atoms with van der Waals surface area (Å²) >= 11 is 0. The fraction of sp³-hybridized carbons (Fsp3) is 0.154. The molecule has 0 saturated heterocycles. The number of benzene rings is 3. The largest absolute Gasteiger partial charge is 0.347 e. The number of aliphatic imine (C=N–C) groups is 1. The molecule has 1 heterocycles. The van der Waals surface area contributed by atoms with E-state index in [2.05, 4.69) is 10.6 Å². The molecule has 1 atom stereocenters. The van der Waals surface area contributed by atoms with E-state index in [1.807, 2.05) is 54.6 Å². The Balaban J connectivity index is 1.66. The molecule has 0 fully saturated rings. The van der Waals surface area contributed by atoms with Crippen LogP contribution < -0.4 is 15.5 Å². The van der Waals surface area contributed by atoms with Crippen LogP contribution in [-0.4, -0.2) is 37.0 Å². The standard InChI is InChI=1S/C26H24N4O3/c1-17(31)27-16-23(32)30(2)20-14-12-19(13-15-20)28-25(18-8-4-3-5-9-18)24-21-10-6-7-11-22(21)29-26(24)33/h3-15,24H,16H2,1-2H3,(H,27,31)(H,29,33). The number of hydrogen-bond donors (Lipinski definition) is 2. The lowest BCUT2D eigenvalue weighted by atomic mass is 9.90. The number of carbonyl (C=O) groups excluding carboxylic acids is 3. The Morgan fingerprint density at radius 3 is 2.33 bits per heavy atom. The zero-order valence-electron chi connectivity index (χ0n) is 18.4. The van der Waals surface area contributed by atoms with E-state index < -0.39 is 5.92 Å². The van der Waals surface area contributed by atoms with Gasteiger partial charge in [0.2, 0.25) is 17.7 Å². The molecule has 0 saturated carbocycles. The maximum atomic E-state index is 12.9. The van der Waals surface area contributed by atoms with Crippen LogP contribution in [0.4, 0.5) is 17.1 Å². The van der Waals surface area contributed by atoms with E-state index in [4.69, 9.17) is 4.99 Å². The first-order valence-electron chi connectivity index (χ1n) is 10.6. The summed E-state index contributed by atoms with van der Waals surface area (Å²) in [6.45, 7) is 1.30. The lowest BCUT2D eigenvalue weighted by Crippen LogP contribution is -2.37. The molecule has 4 rings (SSSR count). The monoisotopic (exact) mass is 440 g/mol. The van der Waals surface area contributed by atoms with Gasteiger partial charge < -0.3 is 15.5 Å². The Bertz CT molecular complexity index is 1220. The van der Waals surface area contributed by atoms with E-state index in [0.29, 0.717) is 17.1 Å². The number of carbonyl (C=O) groups is 3. The predicted octanol–water partition coefficient (Wildman–Crippen LogP) is 3.64. The molecule has 33 heavy (non-hydrogen) atoms. The van der Waals surface area contributed by atoms with Crippen molar-refractivity contribution in [3.05, 3.63) is 90.0 Å². The lowest BCUT2D eigenvalue weighted by Gasteiger charge is -2.18. The van der Waals surface area contributed by atoms with Gasteiger partial charge in [0.25, 0.3) is 0 Å². The van der Waals surface area contributed by atoms with Crippen LogP contribution in [0.2, 0.25) is 0 Å². The molecule has 1 unspecified atom stereocenters. The van der Waals surface area contributed by atoms with Crippen LogP contribution in [-0.2, 0) is 14.4 Å². The van der Waals surface area contributed by atoms with Gasteiger partial charge in [-0.15, -0.1) is 0 Å². The lowest BCUT2D eigenvalue weighted by molar-refractivity contribution is -0.123. The highest BCUT2D eigenvalue weighted by atomic mass is 16.2. The van der Waals surface area contributed by atoms with Gasteiger partial charge in [-0.1, -0.05) is 48.5 Å². The normalized spacial score (nSPS) is 14.9. The van der Waals surface area contributed by atoms with Crippen molar-refractivity contribution in [3.8, 4) is 0 Å². The van der Waals surface area contributed by atoms with Gasteiger partial charge >= 0.3 is 0 Å². The quantitative estimate of drug-likeness (QED) is 0.574. The molecule has 2 N–H and O–H groups in total. The number of nitrogens with one attached hydrogen (secondary N) is 2. The van der Waals surface area contributed by atoms with Gasteiger partial charge in [0, 0.05) is 25.3 Å². The Morgan fingerprint density at radius 1 is 0.970 bits per heavy atom. The van der Waals surface area contributed by atoms with E-state index in [-0.39, 0.29) is 24.3 Å². The highest BCUT2D eigenvalue weighted by Gasteiger charge is 2.35. The van der Waals surface area contributed by atoms with Crippen molar-refractivity contribution in [1.82, 2.24) is 5.32 Å². The molecule has 3 aromatic rings. The van der Waals surface area contributed by atoms with Crippen molar-refractivity contribution < 1.29 is 14.4 Å². The van der Waals surface area contributed by atoms with Crippen molar-refractivity contribution in [1.29, 1.82) is 0 Å². The molecule has 7 nitrogen and oxygen atoms in total. The van der Waals surface area contributed by atoms with E-state index >= 15 is 0 Å².